The molecule has 1 N–H and O–H groups in total. The Labute approximate surface area is 120 Å². The zero-order chi connectivity index (χ0) is 15.0. The molecule has 0 saturated carbocycles. The third-order valence-electron chi connectivity index (χ3n) is 3.25. The minimum atomic E-state index is -0.498. The smallest absolute Gasteiger partial charge is 0.307 e. The third-order valence-corrected chi connectivity index (χ3v) is 3.25. The fourth-order valence-corrected chi connectivity index (χ4v) is 2.28. The number of anilines is 2. The molecule has 0 bridgehead atoms. The molecule has 2 aromatic carbocycles. The van der Waals surface area contributed by atoms with Crippen molar-refractivity contribution in [3.63, 3.8) is 0 Å². The van der Waals surface area contributed by atoms with Crippen LogP contribution < -0.4 is 10.2 Å². The number of benzene rings is 2. The summed E-state index contributed by atoms with van der Waals surface area (Å²) >= 11 is 0. The van der Waals surface area contributed by atoms with Crippen LogP contribution in [0.15, 0.2) is 55.1 Å². The Morgan fingerprint density at radius 3 is 2.67 bits per heavy atom. The van der Waals surface area contributed by atoms with Gasteiger partial charge in [0.15, 0.2) is 0 Å². The Hall–Kier alpha value is -3.15. The van der Waals surface area contributed by atoms with Crippen molar-refractivity contribution in [2.24, 2.45) is 0 Å². The Morgan fingerprint density at radius 2 is 1.90 bits per heavy atom. The number of nitro groups is 1. The normalized spacial score (nSPS) is 13.6. The average molecular weight is 281 g/mol. The van der Waals surface area contributed by atoms with Gasteiger partial charge in [0, 0.05) is 17.7 Å². The maximum absolute atomic E-state index is 12.2. The summed E-state index contributed by atoms with van der Waals surface area (Å²) in [5.74, 6) is 0. The second-order valence-corrected chi connectivity index (χ2v) is 4.53. The Kier molecular flexibility index (Phi) is 2.91. The SMILES string of the molecule is C=C1c2ccccc2NC(=O)N1c1cccc([N+](=O)[O-])c1. The van der Waals surface area contributed by atoms with Crippen molar-refractivity contribution in [3.8, 4) is 0 Å². The van der Waals surface area contributed by atoms with Crippen molar-refractivity contribution in [2.75, 3.05) is 10.2 Å². The average Bonchev–Trinajstić information content (AvgIpc) is 2.47. The van der Waals surface area contributed by atoms with Gasteiger partial charge in [-0.2, -0.15) is 0 Å². The number of hydrogen-bond acceptors (Lipinski definition) is 3. The van der Waals surface area contributed by atoms with E-state index in [0.29, 0.717) is 17.1 Å². The molecule has 0 aromatic heterocycles. The van der Waals surface area contributed by atoms with Crippen LogP contribution in [0.25, 0.3) is 5.70 Å². The topological polar surface area (TPSA) is 75.5 Å². The van der Waals surface area contributed by atoms with E-state index in [-0.39, 0.29) is 11.7 Å². The summed E-state index contributed by atoms with van der Waals surface area (Å²) in [6.45, 7) is 3.93. The first-order valence-corrected chi connectivity index (χ1v) is 6.22. The van der Waals surface area contributed by atoms with Gasteiger partial charge in [0.05, 0.1) is 22.0 Å². The van der Waals surface area contributed by atoms with Crippen LogP contribution in [-0.2, 0) is 0 Å². The van der Waals surface area contributed by atoms with Crippen LogP contribution >= 0.6 is 0 Å². The number of urea groups is 1. The van der Waals surface area contributed by atoms with Crippen molar-refractivity contribution in [3.05, 3.63) is 70.8 Å². The van der Waals surface area contributed by atoms with Gasteiger partial charge < -0.3 is 5.32 Å². The van der Waals surface area contributed by atoms with Gasteiger partial charge in [-0.15, -0.1) is 0 Å². The molecule has 0 radical (unpaired) electrons. The van der Waals surface area contributed by atoms with E-state index in [1.807, 2.05) is 18.2 Å². The van der Waals surface area contributed by atoms with E-state index < -0.39 is 4.92 Å². The number of carbonyl (C=O) groups is 1. The van der Waals surface area contributed by atoms with E-state index in [1.165, 1.54) is 23.1 Å². The van der Waals surface area contributed by atoms with Gasteiger partial charge in [-0.05, 0) is 12.1 Å². The molecule has 0 unspecified atom stereocenters. The summed E-state index contributed by atoms with van der Waals surface area (Å²) in [5, 5.41) is 13.6. The Bertz CT molecular complexity index is 770. The number of nitro benzene ring substituents is 1. The van der Waals surface area contributed by atoms with E-state index in [0.717, 1.165) is 5.56 Å². The number of para-hydroxylation sites is 1. The number of rotatable bonds is 2. The maximum Gasteiger partial charge on any atom is 0.330 e. The molecular formula is C15H11N3O3. The summed E-state index contributed by atoms with van der Waals surface area (Å²) < 4.78 is 0. The van der Waals surface area contributed by atoms with Crippen LogP contribution in [0.5, 0.6) is 0 Å². The predicted molar refractivity (Wildman–Crippen MR) is 80.1 cm³/mol. The molecule has 0 spiro atoms. The van der Waals surface area contributed by atoms with Gasteiger partial charge in [-0.1, -0.05) is 30.8 Å². The maximum atomic E-state index is 12.2. The monoisotopic (exact) mass is 281 g/mol. The van der Waals surface area contributed by atoms with Crippen LogP contribution in [0, 0.1) is 10.1 Å². The molecule has 2 aromatic rings. The molecule has 0 saturated heterocycles. The molecule has 0 fully saturated rings. The molecule has 104 valence electrons. The molecular weight excluding hydrogens is 270 g/mol. The van der Waals surface area contributed by atoms with Crippen molar-refractivity contribution in [1.29, 1.82) is 0 Å². The highest BCUT2D eigenvalue weighted by molar-refractivity contribution is 6.16. The van der Waals surface area contributed by atoms with E-state index >= 15 is 0 Å². The quantitative estimate of drug-likeness (QED) is 0.674. The van der Waals surface area contributed by atoms with E-state index in [1.54, 1.807) is 12.1 Å². The predicted octanol–water partition coefficient (Wildman–Crippen LogP) is 3.62. The van der Waals surface area contributed by atoms with Gasteiger partial charge in [-0.25, -0.2) is 4.79 Å². The summed E-state index contributed by atoms with van der Waals surface area (Å²) in [5.41, 5.74) is 2.26. The lowest BCUT2D eigenvalue weighted by atomic mass is 10.1. The lowest BCUT2D eigenvalue weighted by molar-refractivity contribution is -0.384. The van der Waals surface area contributed by atoms with Crippen molar-refractivity contribution >= 4 is 28.8 Å². The molecule has 21 heavy (non-hydrogen) atoms. The fourth-order valence-electron chi connectivity index (χ4n) is 2.28. The Morgan fingerprint density at radius 1 is 1.14 bits per heavy atom. The summed E-state index contributed by atoms with van der Waals surface area (Å²) in [6, 6.07) is 12.8. The summed E-state index contributed by atoms with van der Waals surface area (Å²) in [4.78, 5) is 23.9. The van der Waals surface area contributed by atoms with Gasteiger partial charge in [-0.3, -0.25) is 15.0 Å². The molecule has 0 aliphatic carbocycles. The standard InChI is InChI=1S/C15H11N3O3/c1-10-13-7-2-3-8-14(13)16-15(19)17(10)11-5-4-6-12(9-11)18(20)21/h2-9H,1H2,(H,16,19). The van der Waals surface area contributed by atoms with Gasteiger partial charge in [0.25, 0.3) is 5.69 Å². The first-order chi connectivity index (χ1) is 10.1. The van der Waals surface area contributed by atoms with Crippen LogP contribution in [0.2, 0.25) is 0 Å². The zero-order valence-electron chi connectivity index (χ0n) is 10.9. The van der Waals surface area contributed by atoms with Gasteiger partial charge >= 0.3 is 6.03 Å². The number of hydrogen-bond donors (Lipinski definition) is 1. The zero-order valence-corrected chi connectivity index (χ0v) is 10.9. The van der Waals surface area contributed by atoms with Crippen molar-refractivity contribution in [2.45, 2.75) is 0 Å². The number of fused-ring (bicyclic) bond motifs is 1. The highest BCUT2D eigenvalue weighted by Gasteiger charge is 2.28. The second kappa shape index (κ2) is 4.75. The van der Waals surface area contributed by atoms with Crippen LogP contribution in [0.4, 0.5) is 21.9 Å². The fraction of sp³-hybridized carbons (Fsp3) is 0. The van der Waals surface area contributed by atoms with E-state index in [4.69, 9.17) is 0 Å². The highest BCUT2D eigenvalue weighted by Crippen LogP contribution is 2.35. The number of nitrogens with zero attached hydrogens (tertiary/aromatic N) is 2. The molecule has 1 aliphatic heterocycles. The molecule has 2 amide bonds. The molecule has 3 rings (SSSR count). The lowest BCUT2D eigenvalue weighted by Crippen LogP contribution is -2.37. The first-order valence-electron chi connectivity index (χ1n) is 6.22. The molecule has 6 heteroatoms. The van der Waals surface area contributed by atoms with Crippen molar-refractivity contribution < 1.29 is 9.72 Å². The van der Waals surface area contributed by atoms with Crippen LogP contribution in [0.1, 0.15) is 5.56 Å². The van der Waals surface area contributed by atoms with Crippen LogP contribution in [0.3, 0.4) is 0 Å². The van der Waals surface area contributed by atoms with Gasteiger partial charge in [0.1, 0.15) is 0 Å². The third kappa shape index (κ3) is 2.12. The number of nitrogens with one attached hydrogen (secondary N) is 1. The summed E-state index contributed by atoms with van der Waals surface area (Å²) in [6.07, 6.45) is 0. The molecule has 1 aliphatic rings. The number of amides is 2. The minimum absolute atomic E-state index is 0.0769. The van der Waals surface area contributed by atoms with Crippen molar-refractivity contribution in [1.82, 2.24) is 0 Å². The first kappa shape index (κ1) is 12.9. The second-order valence-electron chi connectivity index (χ2n) is 4.53. The molecule has 1 heterocycles. The summed E-state index contributed by atoms with van der Waals surface area (Å²) in [7, 11) is 0. The minimum Gasteiger partial charge on any atom is -0.307 e. The Balaban J connectivity index is 2.07. The highest BCUT2D eigenvalue weighted by atomic mass is 16.6. The van der Waals surface area contributed by atoms with Gasteiger partial charge in [0.2, 0.25) is 0 Å². The number of carbonyl (C=O) groups excluding carboxylic acids is 1. The number of non-ortho nitro benzene ring substituents is 1. The van der Waals surface area contributed by atoms with Crippen LogP contribution in [-0.4, -0.2) is 11.0 Å². The van der Waals surface area contributed by atoms with E-state index in [9.17, 15) is 14.9 Å². The molecule has 0 atom stereocenters. The van der Waals surface area contributed by atoms with E-state index in [2.05, 4.69) is 11.9 Å². The largest absolute Gasteiger partial charge is 0.330 e. The molecule has 6 nitrogen and oxygen atoms in total. The lowest BCUT2D eigenvalue weighted by Gasteiger charge is -2.31.